The lowest BCUT2D eigenvalue weighted by atomic mass is 9.84. The van der Waals surface area contributed by atoms with Crippen molar-refractivity contribution in [2.75, 3.05) is 13.2 Å². The number of amides is 2. The number of carbonyl (C=O) groups excluding carboxylic acids is 2. The molecule has 2 heterocycles. The highest BCUT2D eigenvalue weighted by Gasteiger charge is 2.27. The molecule has 2 amide bonds. The van der Waals surface area contributed by atoms with E-state index in [-0.39, 0.29) is 29.3 Å². The highest BCUT2D eigenvalue weighted by molar-refractivity contribution is 5.98. The quantitative estimate of drug-likeness (QED) is 0.527. The third kappa shape index (κ3) is 6.03. The van der Waals surface area contributed by atoms with Crippen molar-refractivity contribution in [1.82, 2.24) is 15.2 Å². The lowest BCUT2D eigenvalue weighted by molar-refractivity contribution is -0.00347. The van der Waals surface area contributed by atoms with E-state index >= 15 is 0 Å². The number of nitrogens with one attached hydrogen (secondary N) is 2. The van der Waals surface area contributed by atoms with E-state index < -0.39 is 0 Å². The van der Waals surface area contributed by atoms with Gasteiger partial charge in [0.15, 0.2) is 0 Å². The van der Waals surface area contributed by atoms with Crippen LogP contribution in [-0.2, 0) is 16.7 Å². The standard InChI is InChI=1S/C30H43N3O3/c1-19(2)31-28(34)23-12-22(13-24(14-23)30(4,5)6)27-15-26(29(35)32-25-17-36-18-25)20(3)33(27)16-21-10-8-7-9-11-21/h12-15,19,21,25H,7-11,16-18H2,1-6H3,(H,31,34)(H,32,35). The number of aromatic nitrogens is 1. The molecular weight excluding hydrogens is 450 g/mol. The van der Waals surface area contributed by atoms with Crippen molar-refractivity contribution in [3.63, 3.8) is 0 Å². The summed E-state index contributed by atoms with van der Waals surface area (Å²) in [6.45, 7) is 14.6. The lowest BCUT2D eigenvalue weighted by Gasteiger charge is -2.27. The van der Waals surface area contributed by atoms with Gasteiger partial charge in [-0.2, -0.15) is 0 Å². The summed E-state index contributed by atoms with van der Waals surface area (Å²) in [5.41, 5.74) is 5.34. The molecule has 1 aliphatic carbocycles. The predicted octanol–water partition coefficient (Wildman–Crippen LogP) is 5.61. The molecular formula is C30H43N3O3. The molecule has 1 aliphatic heterocycles. The van der Waals surface area contributed by atoms with Gasteiger partial charge >= 0.3 is 0 Å². The molecule has 36 heavy (non-hydrogen) atoms. The number of carbonyl (C=O) groups is 2. The Morgan fingerprint density at radius 1 is 1.03 bits per heavy atom. The maximum Gasteiger partial charge on any atom is 0.253 e. The Labute approximate surface area is 216 Å². The fraction of sp³-hybridized carbons (Fsp3) is 0.600. The smallest absolute Gasteiger partial charge is 0.253 e. The van der Waals surface area contributed by atoms with Crippen molar-refractivity contribution < 1.29 is 14.3 Å². The molecule has 1 saturated heterocycles. The fourth-order valence-corrected chi connectivity index (χ4v) is 5.24. The molecule has 196 valence electrons. The van der Waals surface area contributed by atoms with E-state index in [9.17, 15) is 9.59 Å². The van der Waals surface area contributed by atoms with Crippen molar-refractivity contribution in [1.29, 1.82) is 0 Å². The maximum absolute atomic E-state index is 13.2. The van der Waals surface area contributed by atoms with Crippen molar-refractivity contribution >= 4 is 11.8 Å². The van der Waals surface area contributed by atoms with Crippen LogP contribution in [0.1, 0.15) is 98.7 Å². The van der Waals surface area contributed by atoms with Crippen LogP contribution in [0.15, 0.2) is 24.3 Å². The van der Waals surface area contributed by atoms with Gasteiger partial charge < -0.3 is 19.9 Å². The SMILES string of the molecule is Cc1c(C(=O)NC2COC2)cc(-c2cc(C(=O)NC(C)C)cc(C(C)(C)C)c2)n1CC1CCCCC1. The fourth-order valence-electron chi connectivity index (χ4n) is 5.24. The minimum Gasteiger partial charge on any atom is -0.377 e. The Balaban J connectivity index is 1.80. The summed E-state index contributed by atoms with van der Waals surface area (Å²) in [5, 5.41) is 6.16. The molecule has 2 aromatic rings. The van der Waals surface area contributed by atoms with Gasteiger partial charge in [0, 0.05) is 29.5 Å². The van der Waals surface area contributed by atoms with Crippen molar-refractivity contribution in [2.24, 2.45) is 5.92 Å². The van der Waals surface area contributed by atoms with Gasteiger partial charge in [0.2, 0.25) is 0 Å². The largest absolute Gasteiger partial charge is 0.377 e. The molecule has 6 nitrogen and oxygen atoms in total. The second-order valence-corrected chi connectivity index (χ2v) is 12.0. The number of hydrogen-bond acceptors (Lipinski definition) is 3. The molecule has 0 atom stereocenters. The summed E-state index contributed by atoms with van der Waals surface area (Å²) in [7, 11) is 0. The minimum absolute atomic E-state index is 0.0470. The van der Waals surface area contributed by atoms with Crippen LogP contribution in [-0.4, -0.2) is 41.7 Å². The van der Waals surface area contributed by atoms with E-state index in [0.717, 1.165) is 29.1 Å². The topological polar surface area (TPSA) is 72.4 Å². The number of hydrogen-bond donors (Lipinski definition) is 2. The van der Waals surface area contributed by atoms with Crippen LogP contribution in [0.3, 0.4) is 0 Å². The van der Waals surface area contributed by atoms with Gasteiger partial charge in [-0.25, -0.2) is 0 Å². The lowest BCUT2D eigenvalue weighted by Crippen LogP contribution is -2.48. The zero-order chi connectivity index (χ0) is 26.0. The monoisotopic (exact) mass is 493 g/mol. The van der Waals surface area contributed by atoms with Gasteiger partial charge in [-0.05, 0) is 80.3 Å². The Bertz CT molecular complexity index is 1100. The first kappa shape index (κ1) is 26.5. The number of nitrogens with zero attached hydrogens (tertiary/aromatic N) is 1. The Kier molecular flexibility index (Phi) is 7.93. The summed E-state index contributed by atoms with van der Waals surface area (Å²) in [6.07, 6.45) is 6.31. The van der Waals surface area contributed by atoms with E-state index in [1.54, 1.807) is 0 Å². The predicted molar refractivity (Wildman–Crippen MR) is 145 cm³/mol. The first-order valence-electron chi connectivity index (χ1n) is 13.6. The van der Waals surface area contributed by atoms with Gasteiger partial charge in [-0.3, -0.25) is 9.59 Å². The molecule has 0 bridgehead atoms. The highest BCUT2D eigenvalue weighted by Crippen LogP contribution is 2.34. The summed E-state index contributed by atoms with van der Waals surface area (Å²) < 4.78 is 7.58. The average molecular weight is 494 g/mol. The zero-order valence-corrected chi connectivity index (χ0v) is 22.9. The van der Waals surface area contributed by atoms with Gasteiger partial charge in [0.1, 0.15) is 0 Å². The number of benzene rings is 1. The molecule has 6 heteroatoms. The van der Waals surface area contributed by atoms with Crippen molar-refractivity contribution in [3.05, 3.63) is 46.6 Å². The average Bonchev–Trinajstić information content (AvgIpc) is 3.11. The van der Waals surface area contributed by atoms with Gasteiger partial charge in [-0.1, -0.05) is 40.0 Å². The van der Waals surface area contributed by atoms with E-state index in [4.69, 9.17) is 4.74 Å². The molecule has 2 fully saturated rings. The number of rotatable bonds is 7. The first-order chi connectivity index (χ1) is 17.0. The van der Waals surface area contributed by atoms with E-state index in [1.165, 1.54) is 32.1 Å². The zero-order valence-electron chi connectivity index (χ0n) is 22.9. The molecule has 0 spiro atoms. The molecule has 0 unspecified atom stereocenters. The van der Waals surface area contributed by atoms with Crippen LogP contribution < -0.4 is 10.6 Å². The minimum atomic E-state index is -0.122. The summed E-state index contributed by atoms with van der Waals surface area (Å²) in [5.74, 6) is 0.491. The van der Waals surface area contributed by atoms with Crippen LogP contribution in [0.5, 0.6) is 0 Å². The van der Waals surface area contributed by atoms with E-state index in [1.807, 2.05) is 32.0 Å². The second-order valence-electron chi connectivity index (χ2n) is 12.0. The van der Waals surface area contributed by atoms with Gasteiger partial charge in [0.05, 0.1) is 24.8 Å². The van der Waals surface area contributed by atoms with Crippen LogP contribution >= 0.6 is 0 Å². The summed E-state index contributed by atoms with van der Waals surface area (Å²) in [6, 6.07) is 8.35. The van der Waals surface area contributed by atoms with Crippen molar-refractivity contribution in [2.45, 2.75) is 97.7 Å². The van der Waals surface area contributed by atoms with E-state index in [2.05, 4.69) is 49.0 Å². The van der Waals surface area contributed by atoms with Crippen LogP contribution in [0, 0.1) is 12.8 Å². The highest BCUT2D eigenvalue weighted by atomic mass is 16.5. The molecule has 2 N–H and O–H groups in total. The third-order valence-electron chi connectivity index (χ3n) is 7.53. The maximum atomic E-state index is 13.2. The van der Waals surface area contributed by atoms with Crippen LogP contribution in [0.4, 0.5) is 0 Å². The van der Waals surface area contributed by atoms with Gasteiger partial charge in [0.25, 0.3) is 11.8 Å². The number of ether oxygens (including phenoxy) is 1. The molecule has 4 rings (SSSR count). The van der Waals surface area contributed by atoms with E-state index in [0.29, 0.717) is 30.3 Å². The van der Waals surface area contributed by atoms with Gasteiger partial charge in [-0.15, -0.1) is 0 Å². The normalized spacial score (nSPS) is 17.2. The first-order valence-corrected chi connectivity index (χ1v) is 13.6. The molecule has 1 aromatic carbocycles. The third-order valence-corrected chi connectivity index (χ3v) is 7.53. The molecule has 0 radical (unpaired) electrons. The summed E-state index contributed by atoms with van der Waals surface area (Å²) in [4.78, 5) is 26.3. The molecule has 2 aliphatic rings. The van der Waals surface area contributed by atoms with Crippen LogP contribution in [0.2, 0.25) is 0 Å². The summed E-state index contributed by atoms with van der Waals surface area (Å²) >= 11 is 0. The Morgan fingerprint density at radius 2 is 1.72 bits per heavy atom. The molecule has 1 saturated carbocycles. The Hall–Kier alpha value is -2.60. The molecule has 1 aromatic heterocycles. The van der Waals surface area contributed by atoms with Crippen LogP contribution in [0.25, 0.3) is 11.3 Å². The Morgan fingerprint density at radius 3 is 2.31 bits per heavy atom. The van der Waals surface area contributed by atoms with Crippen molar-refractivity contribution in [3.8, 4) is 11.3 Å². The second kappa shape index (κ2) is 10.8.